The summed E-state index contributed by atoms with van der Waals surface area (Å²) in [6.07, 6.45) is 1.67. The molecule has 1 fully saturated rings. The van der Waals surface area contributed by atoms with Gasteiger partial charge >= 0.3 is 0 Å². The van der Waals surface area contributed by atoms with Crippen LogP contribution in [0, 0.1) is 5.92 Å². The third-order valence-corrected chi connectivity index (χ3v) is 3.78. The van der Waals surface area contributed by atoms with Gasteiger partial charge < -0.3 is 20.7 Å². The number of nitrogens with one attached hydrogen (secondary N) is 3. The zero-order valence-electron chi connectivity index (χ0n) is 12.9. The van der Waals surface area contributed by atoms with Crippen molar-refractivity contribution >= 4 is 11.8 Å². The summed E-state index contributed by atoms with van der Waals surface area (Å²) in [7, 11) is 1.61. The molecule has 0 unspecified atom stereocenters. The summed E-state index contributed by atoms with van der Waals surface area (Å²) < 4.78 is 5.08. The van der Waals surface area contributed by atoms with E-state index in [1.807, 2.05) is 24.3 Å². The van der Waals surface area contributed by atoms with Crippen LogP contribution in [0.4, 0.5) is 0 Å². The third kappa shape index (κ3) is 5.04. The smallest absolute Gasteiger partial charge is 0.239 e. The van der Waals surface area contributed by atoms with Gasteiger partial charge in [-0.05, 0) is 43.6 Å². The summed E-state index contributed by atoms with van der Waals surface area (Å²) in [4.78, 5) is 23.7. The molecule has 6 heteroatoms. The van der Waals surface area contributed by atoms with Gasteiger partial charge in [-0.2, -0.15) is 0 Å². The van der Waals surface area contributed by atoms with E-state index in [4.69, 9.17) is 4.74 Å². The SMILES string of the molecule is COc1ccc(CNC(=O)CNC(=O)C2CCNCC2)cc1. The van der Waals surface area contributed by atoms with Gasteiger partial charge in [-0.1, -0.05) is 12.1 Å². The van der Waals surface area contributed by atoms with Gasteiger partial charge in [-0.25, -0.2) is 0 Å². The van der Waals surface area contributed by atoms with Crippen molar-refractivity contribution in [2.75, 3.05) is 26.7 Å². The molecule has 1 aromatic rings. The van der Waals surface area contributed by atoms with E-state index in [0.717, 1.165) is 37.2 Å². The monoisotopic (exact) mass is 305 g/mol. The van der Waals surface area contributed by atoms with E-state index in [1.165, 1.54) is 0 Å². The second-order valence-corrected chi connectivity index (χ2v) is 5.37. The van der Waals surface area contributed by atoms with Gasteiger partial charge in [0.2, 0.25) is 11.8 Å². The molecule has 1 saturated heterocycles. The van der Waals surface area contributed by atoms with E-state index >= 15 is 0 Å². The number of methoxy groups -OCH3 is 1. The molecule has 0 aliphatic carbocycles. The average Bonchev–Trinajstić information content (AvgIpc) is 2.59. The van der Waals surface area contributed by atoms with E-state index < -0.39 is 0 Å². The molecule has 2 rings (SSSR count). The highest BCUT2D eigenvalue weighted by atomic mass is 16.5. The molecular formula is C16H23N3O3. The van der Waals surface area contributed by atoms with Crippen LogP contribution in [0.15, 0.2) is 24.3 Å². The van der Waals surface area contributed by atoms with Gasteiger partial charge in [-0.3, -0.25) is 9.59 Å². The van der Waals surface area contributed by atoms with Crippen LogP contribution in [0.3, 0.4) is 0 Å². The summed E-state index contributed by atoms with van der Waals surface area (Å²) >= 11 is 0. The summed E-state index contributed by atoms with van der Waals surface area (Å²) in [6, 6.07) is 7.49. The lowest BCUT2D eigenvalue weighted by Crippen LogP contribution is -2.42. The van der Waals surface area contributed by atoms with Crippen LogP contribution in [0.1, 0.15) is 18.4 Å². The van der Waals surface area contributed by atoms with E-state index in [9.17, 15) is 9.59 Å². The molecule has 1 aromatic carbocycles. The highest BCUT2D eigenvalue weighted by molar-refractivity contribution is 5.85. The van der Waals surface area contributed by atoms with Crippen molar-refractivity contribution in [1.29, 1.82) is 0 Å². The minimum absolute atomic E-state index is 0.0237. The molecule has 1 aliphatic rings. The van der Waals surface area contributed by atoms with Crippen molar-refractivity contribution < 1.29 is 14.3 Å². The number of carbonyl (C=O) groups is 2. The topological polar surface area (TPSA) is 79.5 Å². The van der Waals surface area contributed by atoms with Crippen molar-refractivity contribution in [1.82, 2.24) is 16.0 Å². The molecular weight excluding hydrogens is 282 g/mol. The Morgan fingerprint density at radius 2 is 1.86 bits per heavy atom. The standard InChI is InChI=1S/C16H23N3O3/c1-22-14-4-2-12(3-5-14)10-18-15(20)11-19-16(21)13-6-8-17-9-7-13/h2-5,13,17H,6-11H2,1H3,(H,18,20)(H,19,21). The van der Waals surface area contributed by atoms with Crippen molar-refractivity contribution in [2.45, 2.75) is 19.4 Å². The zero-order valence-corrected chi connectivity index (χ0v) is 12.9. The first-order valence-electron chi connectivity index (χ1n) is 7.57. The van der Waals surface area contributed by atoms with Crippen molar-refractivity contribution in [3.63, 3.8) is 0 Å². The van der Waals surface area contributed by atoms with Crippen LogP contribution in [0.5, 0.6) is 5.75 Å². The van der Waals surface area contributed by atoms with Crippen molar-refractivity contribution in [3.8, 4) is 5.75 Å². The van der Waals surface area contributed by atoms with Crippen LogP contribution in [0.2, 0.25) is 0 Å². The fourth-order valence-corrected chi connectivity index (χ4v) is 2.40. The largest absolute Gasteiger partial charge is 0.497 e. The molecule has 22 heavy (non-hydrogen) atoms. The maximum atomic E-state index is 11.9. The Bertz CT molecular complexity index is 496. The van der Waals surface area contributed by atoms with E-state index in [1.54, 1.807) is 7.11 Å². The first-order chi connectivity index (χ1) is 10.7. The van der Waals surface area contributed by atoms with Crippen LogP contribution in [0.25, 0.3) is 0 Å². The molecule has 0 aromatic heterocycles. The van der Waals surface area contributed by atoms with Gasteiger partial charge in [-0.15, -0.1) is 0 Å². The molecule has 2 amide bonds. The maximum Gasteiger partial charge on any atom is 0.239 e. The lowest BCUT2D eigenvalue weighted by molar-refractivity contribution is -0.129. The molecule has 1 heterocycles. The quantitative estimate of drug-likeness (QED) is 0.712. The summed E-state index contributed by atoms with van der Waals surface area (Å²) in [5, 5.41) is 8.71. The molecule has 0 bridgehead atoms. The highest BCUT2D eigenvalue weighted by Crippen LogP contribution is 2.11. The number of benzene rings is 1. The first kappa shape index (κ1) is 16.3. The minimum Gasteiger partial charge on any atom is -0.497 e. The minimum atomic E-state index is -0.182. The zero-order chi connectivity index (χ0) is 15.8. The fourth-order valence-electron chi connectivity index (χ4n) is 2.40. The van der Waals surface area contributed by atoms with Crippen LogP contribution < -0.4 is 20.7 Å². The Hall–Kier alpha value is -2.08. The molecule has 0 radical (unpaired) electrons. The number of amides is 2. The predicted molar refractivity (Wildman–Crippen MR) is 83.4 cm³/mol. The summed E-state index contributed by atoms with van der Waals surface area (Å²) in [6.45, 7) is 2.19. The van der Waals surface area contributed by atoms with Crippen molar-refractivity contribution in [3.05, 3.63) is 29.8 Å². The van der Waals surface area contributed by atoms with Gasteiger partial charge in [0.25, 0.3) is 0 Å². The predicted octanol–water partition coefficient (Wildman–Crippen LogP) is 0.427. The first-order valence-corrected chi connectivity index (χ1v) is 7.57. The molecule has 0 saturated carbocycles. The van der Waals surface area contributed by atoms with E-state index in [2.05, 4.69) is 16.0 Å². The number of ether oxygens (including phenoxy) is 1. The Balaban J connectivity index is 1.67. The Kier molecular flexibility index (Phi) is 6.21. The van der Waals surface area contributed by atoms with E-state index in [0.29, 0.717) is 6.54 Å². The van der Waals surface area contributed by atoms with E-state index in [-0.39, 0.29) is 24.3 Å². The second kappa shape index (κ2) is 8.38. The van der Waals surface area contributed by atoms with Gasteiger partial charge in [0.15, 0.2) is 0 Å². The Morgan fingerprint density at radius 3 is 2.50 bits per heavy atom. The van der Waals surface area contributed by atoms with Crippen LogP contribution in [-0.2, 0) is 16.1 Å². The molecule has 1 aliphatic heterocycles. The second-order valence-electron chi connectivity index (χ2n) is 5.37. The number of hydrogen-bond acceptors (Lipinski definition) is 4. The Morgan fingerprint density at radius 1 is 1.18 bits per heavy atom. The highest BCUT2D eigenvalue weighted by Gasteiger charge is 2.20. The molecule has 0 spiro atoms. The molecule has 0 atom stereocenters. The molecule has 6 nitrogen and oxygen atoms in total. The molecule has 120 valence electrons. The van der Waals surface area contributed by atoms with Gasteiger partial charge in [0.1, 0.15) is 5.75 Å². The lowest BCUT2D eigenvalue weighted by atomic mass is 9.97. The molecule has 3 N–H and O–H groups in total. The van der Waals surface area contributed by atoms with Crippen LogP contribution >= 0.6 is 0 Å². The average molecular weight is 305 g/mol. The summed E-state index contributed by atoms with van der Waals surface area (Å²) in [5.41, 5.74) is 0.985. The van der Waals surface area contributed by atoms with Gasteiger partial charge in [0, 0.05) is 12.5 Å². The Labute approximate surface area is 130 Å². The fraction of sp³-hybridized carbons (Fsp3) is 0.500. The normalized spacial score (nSPS) is 15.1. The number of carbonyl (C=O) groups excluding carboxylic acids is 2. The maximum absolute atomic E-state index is 11.9. The summed E-state index contributed by atoms with van der Waals surface area (Å²) in [5.74, 6) is 0.596. The third-order valence-electron chi connectivity index (χ3n) is 3.78. The number of piperidine rings is 1. The number of rotatable bonds is 6. The number of hydrogen-bond donors (Lipinski definition) is 3. The van der Waals surface area contributed by atoms with Crippen LogP contribution in [-0.4, -0.2) is 38.6 Å². The lowest BCUT2D eigenvalue weighted by Gasteiger charge is -2.21. The van der Waals surface area contributed by atoms with Crippen molar-refractivity contribution in [2.24, 2.45) is 5.92 Å². The van der Waals surface area contributed by atoms with Gasteiger partial charge in [0.05, 0.1) is 13.7 Å².